The number of piperazine rings is 1. The second kappa shape index (κ2) is 10.9. The standard InChI is InChI=1S/C19H39N3O2/c1-6-8-10-20(11-9-7-2)12-13-21-14-16-22(17-15-21)18(23)24-19(3,4)5/h6-17H2,1-5H3. The summed E-state index contributed by atoms with van der Waals surface area (Å²) in [6, 6.07) is 0. The summed E-state index contributed by atoms with van der Waals surface area (Å²) in [5.41, 5.74) is -0.409. The molecule has 1 saturated heterocycles. The minimum Gasteiger partial charge on any atom is -0.444 e. The largest absolute Gasteiger partial charge is 0.444 e. The second-order valence-electron chi connectivity index (χ2n) is 7.86. The van der Waals surface area contributed by atoms with E-state index in [0.717, 1.165) is 39.3 Å². The van der Waals surface area contributed by atoms with Crippen LogP contribution >= 0.6 is 0 Å². The second-order valence-corrected chi connectivity index (χ2v) is 7.86. The lowest BCUT2D eigenvalue weighted by Crippen LogP contribution is -2.51. The predicted molar refractivity (Wildman–Crippen MR) is 101 cm³/mol. The number of unbranched alkanes of at least 4 members (excludes halogenated alkanes) is 2. The molecule has 0 spiro atoms. The number of amides is 1. The molecule has 1 amide bonds. The van der Waals surface area contributed by atoms with E-state index in [2.05, 4.69) is 23.6 Å². The van der Waals surface area contributed by atoms with Gasteiger partial charge in [0, 0.05) is 39.3 Å². The molecule has 0 radical (unpaired) electrons. The summed E-state index contributed by atoms with van der Waals surface area (Å²) in [5, 5.41) is 0. The van der Waals surface area contributed by atoms with E-state index in [-0.39, 0.29) is 6.09 Å². The van der Waals surface area contributed by atoms with Gasteiger partial charge in [-0.1, -0.05) is 26.7 Å². The van der Waals surface area contributed by atoms with Gasteiger partial charge < -0.3 is 14.5 Å². The molecule has 0 atom stereocenters. The Kier molecular flexibility index (Phi) is 9.67. The predicted octanol–water partition coefficient (Wildman–Crippen LogP) is 3.44. The summed E-state index contributed by atoms with van der Waals surface area (Å²) < 4.78 is 5.46. The molecule has 1 rings (SSSR count). The minimum absolute atomic E-state index is 0.172. The third-order valence-corrected chi connectivity index (χ3v) is 4.41. The van der Waals surface area contributed by atoms with Crippen molar-refractivity contribution in [2.75, 3.05) is 52.4 Å². The summed E-state index contributed by atoms with van der Waals surface area (Å²) in [5.74, 6) is 0. The highest BCUT2D eigenvalue weighted by Gasteiger charge is 2.25. The number of hydrogen-bond acceptors (Lipinski definition) is 4. The van der Waals surface area contributed by atoms with Crippen molar-refractivity contribution in [3.8, 4) is 0 Å². The Bertz CT molecular complexity index is 339. The number of rotatable bonds is 9. The third kappa shape index (κ3) is 8.88. The van der Waals surface area contributed by atoms with Crippen molar-refractivity contribution in [1.82, 2.24) is 14.7 Å². The first kappa shape index (κ1) is 21.2. The fourth-order valence-electron chi connectivity index (χ4n) is 2.86. The summed E-state index contributed by atoms with van der Waals surface area (Å²) in [6.45, 7) is 18.4. The highest BCUT2D eigenvalue weighted by atomic mass is 16.6. The van der Waals surface area contributed by atoms with Gasteiger partial charge in [0.05, 0.1) is 0 Å². The zero-order valence-corrected chi connectivity index (χ0v) is 16.6. The first-order chi connectivity index (χ1) is 11.4. The van der Waals surface area contributed by atoms with E-state index < -0.39 is 5.60 Å². The monoisotopic (exact) mass is 341 g/mol. The van der Waals surface area contributed by atoms with Gasteiger partial charge in [0.2, 0.25) is 0 Å². The molecule has 1 fully saturated rings. The highest BCUT2D eigenvalue weighted by molar-refractivity contribution is 5.68. The van der Waals surface area contributed by atoms with Gasteiger partial charge in [-0.3, -0.25) is 4.90 Å². The van der Waals surface area contributed by atoms with Crippen LogP contribution in [-0.2, 0) is 4.74 Å². The van der Waals surface area contributed by atoms with Crippen LogP contribution in [0, 0.1) is 0 Å². The van der Waals surface area contributed by atoms with Crippen molar-refractivity contribution >= 4 is 6.09 Å². The quantitative estimate of drug-likeness (QED) is 0.644. The number of carbonyl (C=O) groups excluding carboxylic acids is 1. The van der Waals surface area contributed by atoms with Gasteiger partial charge in [-0.15, -0.1) is 0 Å². The molecule has 0 aliphatic carbocycles. The van der Waals surface area contributed by atoms with E-state index >= 15 is 0 Å². The van der Waals surface area contributed by atoms with Gasteiger partial charge in [-0.25, -0.2) is 4.79 Å². The smallest absolute Gasteiger partial charge is 0.410 e. The van der Waals surface area contributed by atoms with Gasteiger partial charge in [0.15, 0.2) is 0 Å². The van der Waals surface area contributed by atoms with Crippen LogP contribution in [0.4, 0.5) is 4.79 Å². The van der Waals surface area contributed by atoms with Gasteiger partial charge >= 0.3 is 6.09 Å². The summed E-state index contributed by atoms with van der Waals surface area (Å²) in [7, 11) is 0. The zero-order chi connectivity index (χ0) is 18.0. The summed E-state index contributed by atoms with van der Waals surface area (Å²) in [6.07, 6.45) is 4.93. The van der Waals surface area contributed by atoms with Crippen LogP contribution in [0.5, 0.6) is 0 Å². The maximum atomic E-state index is 12.1. The molecule has 0 unspecified atom stereocenters. The molecule has 0 N–H and O–H groups in total. The van der Waals surface area contributed by atoms with E-state index in [1.807, 2.05) is 25.7 Å². The van der Waals surface area contributed by atoms with Crippen molar-refractivity contribution in [3.05, 3.63) is 0 Å². The zero-order valence-electron chi connectivity index (χ0n) is 16.6. The molecular weight excluding hydrogens is 302 g/mol. The van der Waals surface area contributed by atoms with Crippen LogP contribution in [0.1, 0.15) is 60.3 Å². The minimum atomic E-state index is -0.409. The van der Waals surface area contributed by atoms with Gasteiger partial charge in [0.25, 0.3) is 0 Å². The number of nitrogens with zero attached hydrogens (tertiary/aromatic N) is 3. The SMILES string of the molecule is CCCCN(CCCC)CCN1CCN(C(=O)OC(C)(C)C)CC1. The molecule has 1 aliphatic heterocycles. The summed E-state index contributed by atoms with van der Waals surface area (Å²) in [4.78, 5) is 19.0. The molecule has 1 aliphatic rings. The van der Waals surface area contributed by atoms with Crippen LogP contribution in [0.3, 0.4) is 0 Å². The van der Waals surface area contributed by atoms with E-state index in [9.17, 15) is 4.79 Å². The highest BCUT2D eigenvalue weighted by Crippen LogP contribution is 2.12. The van der Waals surface area contributed by atoms with Gasteiger partial charge in [0.1, 0.15) is 5.60 Å². The molecule has 24 heavy (non-hydrogen) atoms. The van der Waals surface area contributed by atoms with E-state index in [0.29, 0.717) is 0 Å². The van der Waals surface area contributed by atoms with Crippen LogP contribution in [-0.4, -0.2) is 78.8 Å². The van der Waals surface area contributed by atoms with Crippen LogP contribution in [0.25, 0.3) is 0 Å². The fraction of sp³-hybridized carbons (Fsp3) is 0.947. The maximum absolute atomic E-state index is 12.1. The first-order valence-electron chi connectivity index (χ1n) is 9.78. The first-order valence-corrected chi connectivity index (χ1v) is 9.78. The molecule has 1 heterocycles. The average Bonchev–Trinajstić information content (AvgIpc) is 2.53. The molecule has 0 saturated carbocycles. The van der Waals surface area contributed by atoms with Gasteiger partial charge in [-0.2, -0.15) is 0 Å². The Labute approximate surface area is 149 Å². The molecule has 5 nitrogen and oxygen atoms in total. The molecule has 0 bridgehead atoms. The maximum Gasteiger partial charge on any atom is 0.410 e. The Morgan fingerprint density at radius 1 is 0.958 bits per heavy atom. The van der Waals surface area contributed by atoms with Crippen molar-refractivity contribution in [3.63, 3.8) is 0 Å². The fourth-order valence-corrected chi connectivity index (χ4v) is 2.86. The molecule has 5 heteroatoms. The third-order valence-electron chi connectivity index (χ3n) is 4.41. The number of ether oxygens (including phenoxy) is 1. The van der Waals surface area contributed by atoms with E-state index in [4.69, 9.17) is 4.74 Å². The van der Waals surface area contributed by atoms with Crippen molar-refractivity contribution in [2.45, 2.75) is 65.9 Å². The molecule has 142 valence electrons. The van der Waals surface area contributed by atoms with Crippen molar-refractivity contribution in [1.29, 1.82) is 0 Å². The Morgan fingerprint density at radius 2 is 1.50 bits per heavy atom. The Balaban J connectivity index is 2.29. The van der Waals surface area contributed by atoms with Crippen molar-refractivity contribution < 1.29 is 9.53 Å². The van der Waals surface area contributed by atoms with Gasteiger partial charge in [-0.05, 0) is 46.7 Å². The topological polar surface area (TPSA) is 36.0 Å². The van der Waals surface area contributed by atoms with Crippen LogP contribution in [0.15, 0.2) is 0 Å². The van der Waals surface area contributed by atoms with Crippen LogP contribution in [0.2, 0.25) is 0 Å². The Hall–Kier alpha value is -0.810. The van der Waals surface area contributed by atoms with E-state index in [1.165, 1.54) is 38.8 Å². The molecule has 0 aromatic heterocycles. The lowest BCUT2D eigenvalue weighted by Gasteiger charge is -2.36. The lowest BCUT2D eigenvalue weighted by atomic mass is 10.2. The van der Waals surface area contributed by atoms with Crippen molar-refractivity contribution in [2.24, 2.45) is 0 Å². The molecule has 0 aromatic carbocycles. The molecule has 0 aromatic rings. The molecular formula is C19H39N3O2. The Morgan fingerprint density at radius 3 is 1.96 bits per heavy atom. The normalized spacial score (nSPS) is 16.7. The van der Waals surface area contributed by atoms with E-state index in [1.54, 1.807) is 0 Å². The number of hydrogen-bond donors (Lipinski definition) is 0. The van der Waals surface area contributed by atoms with Crippen LogP contribution < -0.4 is 0 Å². The summed E-state index contributed by atoms with van der Waals surface area (Å²) >= 11 is 0. The number of carbonyl (C=O) groups is 1. The lowest BCUT2D eigenvalue weighted by molar-refractivity contribution is 0.0138. The average molecular weight is 342 g/mol.